The van der Waals surface area contributed by atoms with E-state index in [1.807, 2.05) is 7.05 Å². The monoisotopic (exact) mass is 250 g/mol. The van der Waals surface area contributed by atoms with E-state index in [1.54, 1.807) is 6.33 Å². The molecule has 1 aliphatic carbocycles. The van der Waals surface area contributed by atoms with Crippen molar-refractivity contribution in [1.82, 2.24) is 9.97 Å². The van der Waals surface area contributed by atoms with E-state index >= 15 is 0 Å². The molecular weight excluding hydrogens is 228 g/mol. The van der Waals surface area contributed by atoms with Crippen LogP contribution in [0.2, 0.25) is 0 Å². The zero-order valence-corrected chi connectivity index (χ0v) is 11.1. The van der Waals surface area contributed by atoms with Crippen molar-refractivity contribution in [3.8, 4) is 0 Å². The number of aliphatic hydroxyl groups is 1. The van der Waals surface area contributed by atoms with Gasteiger partial charge in [0.2, 0.25) is 0 Å². The maximum Gasteiger partial charge on any atom is 0.134 e. The lowest BCUT2D eigenvalue weighted by molar-refractivity contribution is 0.222. The first-order valence-electron chi connectivity index (χ1n) is 6.69. The van der Waals surface area contributed by atoms with Crippen LogP contribution in [0.3, 0.4) is 0 Å². The molecule has 100 valence electrons. The topological polar surface area (TPSA) is 70.1 Å². The average molecular weight is 250 g/mol. The summed E-state index contributed by atoms with van der Waals surface area (Å²) in [7, 11) is 1.87. The van der Waals surface area contributed by atoms with Crippen molar-refractivity contribution in [1.29, 1.82) is 0 Å². The fourth-order valence-corrected chi connectivity index (χ4v) is 2.71. The molecule has 1 aromatic heterocycles. The van der Waals surface area contributed by atoms with Gasteiger partial charge in [0.05, 0.1) is 0 Å². The summed E-state index contributed by atoms with van der Waals surface area (Å²) in [4.78, 5) is 8.58. The summed E-state index contributed by atoms with van der Waals surface area (Å²) in [6, 6.07) is 0.333. The van der Waals surface area contributed by atoms with E-state index in [0.717, 1.165) is 36.5 Å². The highest BCUT2D eigenvalue weighted by Crippen LogP contribution is 2.29. The summed E-state index contributed by atoms with van der Waals surface area (Å²) in [5, 5.41) is 15.9. The Morgan fingerprint density at radius 3 is 2.78 bits per heavy atom. The molecule has 5 heteroatoms. The average Bonchev–Trinajstić information content (AvgIpc) is 2.85. The van der Waals surface area contributed by atoms with E-state index in [4.69, 9.17) is 0 Å². The van der Waals surface area contributed by atoms with Crippen LogP contribution in [0.5, 0.6) is 0 Å². The molecule has 3 N–H and O–H groups in total. The maximum atomic E-state index is 9.36. The highest BCUT2D eigenvalue weighted by atomic mass is 16.3. The second-order valence-electron chi connectivity index (χ2n) is 4.78. The van der Waals surface area contributed by atoms with Crippen LogP contribution in [0, 0.1) is 5.92 Å². The molecule has 0 aromatic carbocycles. The zero-order valence-electron chi connectivity index (χ0n) is 11.1. The Morgan fingerprint density at radius 1 is 1.33 bits per heavy atom. The number of nitrogens with zero attached hydrogens (tertiary/aromatic N) is 2. The van der Waals surface area contributed by atoms with Crippen molar-refractivity contribution in [2.45, 2.75) is 38.6 Å². The van der Waals surface area contributed by atoms with Crippen LogP contribution in [0.4, 0.5) is 11.6 Å². The number of anilines is 2. The highest BCUT2D eigenvalue weighted by molar-refractivity contribution is 5.57. The van der Waals surface area contributed by atoms with Crippen molar-refractivity contribution in [2.24, 2.45) is 5.92 Å². The van der Waals surface area contributed by atoms with Crippen molar-refractivity contribution in [2.75, 3.05) is 24.3 Å². The van der Waals surface area contributed by atoms with Gasteiger partial charge in [-0.05, 0) is 19.3 Å². The lowest BCUT2D eigenvalue weighted by atomic mass is 10.0. The quantitative estimate of drug-likeness (QED) is 0.741. The van der Waals surface area contributed by atoms with Gasteiger partial charge in [-0.2, -0.15) is 0 Å². The minimum atomic E-state index is 0.253. The summed E-state index contributed by atoms with van der Waals surface area (Å²) >= 11 is 0. The molecule has 0 bridgehead atoms. The molecule has 0 saturated heterocycles. The number of aromatic nitrogens is 2. The zero-order chi connectivity index (χ0) is 13.0. The molecule has 0 radical (unpaired) electrons. The molecule has 18 heavy (non-hydrogen) atoms. The lowest BCUT2D eigenvalue weighted by Crippen LogP contribution is -2.27. The smallest absolute Gasteiger partial charge is 0.134 e. The molecular formula is C13H22N4O. The van der Waals surface area contributed by atoms with E-state index in [0.29, 0.717) is 12.0 Å². The van der Waals surface area contributed by atoms with Gasteiger partial charge < -0.3 is 15.7 Å². The first-order chi connectivity index (χ1) is 8.80. The molecule has 1 fully saturated rings. The van der Waals surface area contributed by atoms with Gasteiger partial charge in [0.15, 0.2) is 0 Å². The van der Waals surface area contributed by atoms with Crippen LogP contribution in [0.1, 0.15) is 31.7 Å². The van der Waals surface area contributed by atoms with E-state index in [9.17, 15) is 5.11 Å². The molecule has 5 nitrogen and oxygen atoms in total. The van der Waals surface area contributed by atoms with Crippen LogP contribution < -0.4 is 10.6 Å². The molecule has 0 aliphatic heterocycles. The van der Waals surface area contributed by atoms with Gasteiger partial charge in [-0.25, -0.2) is 9.97 Å². The van der Waals surface area contributed by atoms with Gasteiger partial charge in [0.1, 0.15) is 18.0 Å². The number of hydrogen-bond donors (Lipinski definition) is 3. The standard InChI is InChI=1S/C13H22N4O/c1-3-10-12(14-2)15-8-16-13(10)17-11-6-4-5-9(11)7-18/h8-9,11,18H,3-7H2,1-2H3,(H2,14,15,16,17). The van der Waals surface area contributed by atoms with Gasteiger partial charge in [-0.1, -0.05) is 13.3 Å². The Morgan fingerprint density at radius 2 is 2.11 bits per heavy atom. The summed E-state index contributed by atoms with van der Waals surface area (Å²) in [5.74, 6) is 2.14. The fraction of sp³-hybridized carbons (Fsp3) is 0.692. The minimum Gasteiger partial charge on any atom is -0.396 e. The Kier molecular flexibility index (Phi) is 4.36. The van der Waals surface area contributed by atoms with Gasteiger partial charge in [-0.15, -0.1) is 0 Å². The third-order valence-electron chi connectivity index (χ3n) is 3.75. The Bertz CT molecular complexity index is 397. The third kappa shape index (κ3) is 2.56. The summed E-state index contributed by atoms with van der Waals surface area (Å²) < 4.78 is 0. The third-order valence-corrected chi connectivity index (χ3v) is 3.75. The van der Waals surface area contributed by atoms with E-state index in [2.05, 4.69) is 27.5 Å². The molecule has 2 rings (SSSR count). The minimum absolute atomic E-state index is 0.253. The van der Waals surface area contributed by atoms with Crippen LogP contribution in [0.25, 0.3) is 0 Å². The lowest BCUT2D eigenvalue weighted by Gasteiger charge is -2.21. The maximum absolute atomic E-state index is 9.36. The van der Waals surface area contributed by atoms with Gasteiger partial charge in [0, 0.05) is 31.2 Å². The van der Waals surface area contributed by atoms with Crippen molar-refractivity contribution < 1.29 is 5.11 Å². The summed E-state index contributed by atoms with van der Waals surface area (Å²) in [6.07, 6.45) is 5.84. The molecule has 0 amide bonds. The predicted octanol–water partition coefficient (Wildman–Crippen LogP) is 1.65. The Balaban J connectivity index is 2.18. The van der Waals surface area contributed by atoms with Gasteiger partial charge in [0.25, 0.3) is 0 Å². The number of nitrogens with one attached hydrogen (secondary N) is 2. The summed E-state index contributed by atoms with van der Waals surface area (Å²) in [6.45, 7) is 2.35. The second kappa shape index (κ2) is 6.00. The van der Waals surface area contributed by atoms with Crippen molar-refractivity contribution >= 4 is 11.6 Å². The number of rotatable bonds is 5. The number of hydrogen-bond acceptors (Lipinski definition) is 5. The first kappa shape index (κ1) is 13.1. The first-order valence-corrected chi connectivity index (χ1v) is 6.69. The molecule has 2 atom stereocenters. The van der Waals surface area contributed by atoms with E-state index in [-0.39, 0.29) is 6.61 Å². The van der Waals surface area contributed by atoms with Crippen LogP contribution in [-0.2, 0) is 6.42 Å². The molecule has 2 unspecified atom stereocenters. The van der Waals surface area contributed by atoms with E-state index in [1.165, 1.54) is 6.42 Å². The fourth-order valence-electron chi connectivity index (χ4n) is 2.71. The molecule has 1 aliphatic rings. The van der Waals surface area contributed by atoms with Crippen LogP contribution in [-0.4, -0.2) is 34.8 Å². The molecule has 1 aromatic rings. The van der Waals surface area contributed by atoms with Gasteiger partial charge in [-0.3, -0.25) is 0 Å². The van der Waals surface area contributed by atoms with Crippen molar-refractivity contribution in [3.63, 3.8) is 0 Å². The SMILES string of the molecule is CCc1c(NC)ncnc1NC1CCCC1CO. The summed E-state index contributed by atoms with van der Waals surface area (Å²) in [5.41, 5.74) is 1.11. The molecule has 1 saturated carbocycles. The molecule has 1 heterocycles. The Hall–Kier alpha value is -1.36. The number of aliphatic hydroxyl groups excluding tert-OH is 1. The normalized spacial score (nSPS) is 23.1. The van der Waals surface area contributed by atoms with Crippen LogP contribution >= 0.6 is 0 Å². The predicted molar refractivity (Wildman–Crippen MR) is 72.8 cm³/mol. The van der Waals surface area contributed by atoms with Crippen molar-refractivity contribution in [3.05, 3.63) is 11.9 Å². The largest absolute Gasteiger partial charge is 0.396 e. The van der Waals surface area contributed by atoms with Crippen LogP contribution in [0.15, 0.2) is 6.33 Å². The Labute approximate surface area is 108 Å². The second-order valence-corrected chi connectivity index (χ2v) is 4.78. The highest BCUT2D eigenvalue weighted by Gasteiger charge is 2.27. The van der Waals surface area contributed by atoms with E-state index < -0.39 is 0 Å². The van der Waals surface area contributed by atoms with Gasteiger partial charge >= 0.3 is 0 Å². The molecule has 0 spiro atoms.